The van der Waals surface area contributed by atoms with E-state index in [0.29, 0.717) is 0 Å². The first-order valence-electron chi connectivity index (χ1n) is 6.50. The van der Waals surface area contributed by atoms with Crippen molar-refractivity contribution in [1.29, 1.82) is 0 Å². The zero-order valence-electron chi connectivity index (χ0n) is 11.8. The summed E-state index contributed by atoms with van der Waals surface area (Å²) in [5, 5.41) is 8.54. The van der Waals surface area contributed by atoms with E-state index in [1.807, 2.05) is 37.0 Å². The number of rotatable bonds is 5. The molecule has 2 aromatic rings. The molecular formula is C14H20ClN3S. The molecule has 0 radical (unpaired) electrons. The van der Waals surface area contributed by atoms with Gasteiger partial charge in [0.1, 0.15) is 0 Å². The summed E-state index contributed by atoms with van der Waals surface area (Å²) >= 11 is 8.20. The SMILES string of the molecule is CCc1ccc(C(Cc2c(Cl)c(C)nn2C)NC)s1. The van der Waals surface area contributed by atoms with Crippen LogP contribution in [-0.2, 0) is 19.9 Å². The van der Waals surface area contributed by atoms with Crippen molar-refractivity contribution in [2.45, 2.75) is 32.7 Å². The van der Waals surface area contributed by atoms with Gasteiger partial charge in [-0.25, -0.2) is 0 Å². The van der Waals surface area contributed by atoms with E-state index in [2.05, 4.69) is 29.5 Å². The largest absolute Gasteiger partial charge is 0.312 e. The quantitative estimate of drug-likeness (QED) is 0.915. The molecule has 1 atom stereocenters. The van der Waals surface area contributed by atoms with Gasteiger partial charge in [0.05, 0.1) is 16.4 Å². The van der Waals surface area contributed by atoms with E-state index in [1.165, 1.54) is 9.75 Å². The van der Waals surface area contributed by atoms with Gasteiger partial charge in [-0.2, -0.15) is 5.10 Å². The summed E-state index contributed by atoms with van der Waals surface area (Å²) in [6.07, 6.45) is 1.95. The van der Waals surface area contributed by atoms with Crippen LogP contribution in [0.4, 0.5) is 0 Å². The van der Waals surface area contributed by atoms with E-state index in [1.54, 1.807) is 0 Å². The Labute approximate surface area is 123 Å². The molecule has 0 saturated carbocycles. The van der Waals surface area contributed by atoms with Crippen LogP contribution in [0, 0.1) is 6.92 Å². The maximum absolute atomic E-state index is 6.33. The third-order valence-electron chi connectivity index (χ3n) is 3.38. The normalized spacial score (nSPS) is 12.9. The fourth-order valence-corrected chi connectivity index (χ4v) is 3.51. The standard InChI is InChI=1S/C14H20ClN3S/c1-5-10-6-7-13(19-10)11(16-3)8-12-14(15)9(2)17-18(12)4/h6-7,11,16H,5,8H2,1-4H3. The molecule has 3 nitrogen and oxygen atoms in total. The number of nitrogens with zero attached hydrogens (tertiary/aromatic N) is 2. The van der Waals surface area contributed by atoms with Gasteiger partial charge in [-0.3, -0.25) is 4.68 Å². The van der Waals surface area contributed by atoms with Crippen LogP contribution in [0.2, 0.25) is 5.02 Å². The molecule has 0 spiro atoms. The average molecular weight is 298 g/mol. The average Bonchev–Trinajstić information content (AvgIpc) is 2.95. The lowest BCUT2D eigenvalue weighted by molar-refractivity contribution is 0.569. The monoisotopic (exact) mass is 297 g/mol. The number of aromatic nitrogens is 2. The molecule has 0 amide bonds. The maximum atomic E-state index is 6.33. The summed E-state index contributed by atoms with van der Waals surface area (Å²) in [5.74, 6) is 0. The van der Waals surface area contributed by atoms with Crippen LogP contribution in [0.5, 0.6) is 0 Å². The van der Waals surface area contributed by atoms with Crippen molar-refractivity contribution in [2.24, 2.45) is 7.05 Å². The molecule has 0 saturated heterocycles. The van der Waals surface area contributed by atoms with Crippen LogP contribution in [0.25, 0.3) is 0 Å². The van der Waals surface area contributed by atoms with Gasteiger partial charge < -0.3 is 5.32 Å². The van der Waals surface area contributed by atoms with E-state index >= 15 is 0 Å². The van der Waals surface area contributed by atoms with Crippen molar-refractivity contribution in [3.05, 3.63) is 38.3 Å². The van der Waals surface area contributed by atoms with E-state index in [-0.39, 0.29) is 6.04 Å². The van der Waals surface area contributed by atoms with Gasteiger partial charge in [-0.05, 0) is 32.5 Å². The zero-order chi connectivity index (χ0) is 14.0. The molecule has 0 aromatic carbocycles. The molecule has 0 aliphatic carbocycles. The summed E-state index contributed by atoms with van der Waals surface area (Å²) in [6, 6.07) is 4.71. The van der Waals surface area contributed by atoms with Gasteiger partial charge >= 0.3 is 0 Å². The van der Waals surface area contributed by atoms with Crippen molar-refractivity contribution in [2.75, 3.05) is 7.05 Å². The molecule has 2 rings (SSSR count). The van der Waals surface area contributed by atoms with E-state index in [0.717, 1.165) is 29.3 Å². The second-order valence-corrected chi connectivity index (χ2v) is 6.25. The molecule has 5 heteroatoms. The zero-order valence-corrected chi connectivity index (χ0v) is 13.4. The highest BCUT2D eigenvalue weighted by Crippen LogP contribution is 2.29. The van der Waals surface area contributed by atoms with Crippen molar-refractivity contribution < 1.29 is 0 Å². The number of halogens is 1. The fraction of sp³-hybridized carbons (Fsp3) is 0.500. The third kappa shape index (κ3) is 3.02. The number of hydrogen-bond donors (Lipinski definition) is 1. The predicted octanol–water partition coefficient (Wildman–Crippen LogP) is 3.51. The first-order chi connectivity index (χ1) is 9.06. The second kappa shape index (κ2) is 6.07. The summed E-state index contributed by atoms with van der Waals surface area (Å²) in [5.41, 5.74) is 1.99. The Balaban J connectivity index is 2.23. The minimum absolute atomic E-state index is 0.289. The lowest BCUT2D eigenvalue weighted by Gasteiger charge is -2.15. The molecule has 2 heterocycles. The minimum Gasteiger partial charge on any atom is -0.312 e. The number of nitrogens with one attached hydrogen (secondary N) is 1. The molecule has 0 bridgehead atoms. The van der Waals surface area contributed by atoms with Gasteiger partial charge in [0, 0.05) is 29.3 Å². The number of hydrogen-bond acceptors (Lipinski definition) is 3. The Morgan fingerprint density at radius 2 is 2.21 bits per heavy atom. The van der Waals surface area contributed by atoms with Crippen LogP contribution in [0.3, 0.4) is 0 Å². The van der Waals surface area contributed by atoms with Crippen molar-refractivity contribution >= 4 is 22.9 Å². The van der Waals surface area contributed by atoms with E-state index in [4.69, 9.17) is 11.6 Å². The molecule has 19 heavy (non-hydrogen) atoms. The number of aryl methyl sites for hydroxylation is 3. The van der Waals surface area contributed by atoms with Crippen LogP contribution in [0.15, 0.2) is 12.1 Å². The molecule has 0 aliphatic heterocycles. The van der Waals surface area contributed by atoms with Gasteiger partial charge in [-0.15, -0.1) is 11.3 Å². The maximum Gasteiger partial charge on any atom is 0.0847 e. The van der Waals surface area contributed by atoms with Crippen molar-refractivity contribution in [3.63, 3.8) is 0 Å². The Bertz CT molecular complexity index is 559. The van der Waals surface area contributed by atoms with E-state index < -0.39 is 0 Å². The van der Waals surface area contributed by atoms with Crippen molar-refractivity contribution in [3.8, 4) is 0 Å². The van der Waals surface area contributed by atoms with Gasteiger partial charge in [-0.1, -0.05) is 18.5 Å². The first-order valence-corrected chi connectivity index (χ1v) is 7.70. The minimum atomic E-state index is 0.289. The highest BCUT2D eigenvalue weighted by Gasteiger charge is 2.18. The Morgan fingerprint density at radius 1 is 1.47 bits per heavy atom. The third-order valence-corrected chi connectivity index (χ3v) is 5.22. The summed E-state index contributed by atoms with van der Waals surface area (Å²) in [7, 11) is 3.94. The molecule has 104 valence electrons. The Kier molecular flexibility index (Phi) is 4.66. The molecular weight excluding hydrogens is 278 g/mol. The lowest BCUT2D eigenvalue weighted by atomic mass is 10.1. The molecule has 2 aromatic heterocycles. The van der Waals surface area contributed by atoms with Crippen molar-refractivity contribution in [1.82, 2.24) is 15.1 Å². The van der Waals surface area contributed by atoms with Gasteiger partial charge in [0.15, 0.2) is 0 Å². The Morgan fingerprint density at radius 3 is 2.68 bits per heavy atom. The molecule has 1 unspecified atom stereocenters. The number of thiophene rings is 1. The Hall–Kier alpha value is -0.840. The summed E-state index contributed by atoms with van der Waals surface area (Å²) in [4.78, 5) is 2.77. The number of likely N-dealkylation sites (N-methyl/N-ethyl adjacent to an activating group) is 1. The first kappa shape index (κ1) is 14.6. The molecule has 0 aliphatic rings. The summed E-state index contributed by atoms with van der Waals surface area (Å²) < 4.78 is 1.89. The van der Waals surface area contributed by atoms with Crippen LogP contribution < -0.4 is 5.32 Å². The fourth-order valence-electron chi connectivity index (χ4n) is 2.21. The second-order valence-electron chi connectivity index (χ2n) is 4.67. The highest BCUT2D eigenvalue weighted by atomic mass is 35.5. The van der Waals surface area contributed by atoms with Crippen LogP contribution in [-0.4, -0.2) is 16.8 Å². The highest BCUT2D eigenvalue weighted by molar-refractivity contribution is 7.12. The topological polar surface area (TPSA) is 29.9 Å². The predicted molar refractivity (Wildman–Crippen MR) is 82.2 cm³/mol. The molecule has 1 N–H and O–H groups in total. The smallest absolute Gasteiger partial charge is 0.0847 e. The summed E-state index contributed by atoms with van der Waals surface area (Å²) in [6.45, 7) is 4.13. The van der Waals surface area contributed by atoms with Gasteiger partial charge in [0.2, 0.25) is 0 Å². The lowest BCUT2D eigenvalue weighted by Crippen LogP contribution is -2.19. The van der Waals surface area contributed by atoms with Crippen LogP contribution >= 0.6 is 22.9 Å². The molecule has 0 fully saturated rings. The van der Waals surface area contributed by atoms with Gasteiger partial charge in [0.25, 0.3) is 0 Å². The van der Waals surface area contributed by atoms with E-state index in [9.17, 15) is 0 Å². The van der Waals surface area contributed by atoms with Crippen LogP contribution in [0.1, 0.15) is 34.1 Å².